The number of aryl methyl sites for hydroxylation is 1. The van der Waals surface area contributed by atoms with Crippen LogP contribution in [0.2, 0.25) is 5.02 Å². The normalized spacial score (nSPS) is 10.9. The third kappa shape index (κ3) is 4.34. The molecule has 5 heteroatoms. The van der Waals surface area contributed by atoms with Crippen molar-refractivity contribution in [2.24, 2.45) is 0 Å². The predicted molar refractivity (Wildman–Crippen MR) is 100 cm³/mol. The minimum atomic E-state index is 0.158. The highest BCUT2D eigenvalue weighted by molar-refractivity contribution is 7.18. The van der Waals surface area contributed by atoms with Crippen molar-refractivity contribution in [3.8, 4) is 0 Å². The molecule has 0 radical (unpaired) electrons. The Morgan fingerprint density at radius 1 is 1.17 bits per heavy atom. The van der Waals surface area contributed by atoms with Gasteiger partial charge in [0.25, 0.3) is 0 Å². The highest BCUT2D eigenvalue weighted by Gasteiger charge is 2.10. The van der Waals surface area contributed by atoms with Gasteiger partial charge in [0.1, 0.15) is 0 Å². The van der Waals surface area contributed by atoms with E-state index in [2.05, 4.69) is 11.1 Å². The fourth-order valence-electron chi connectivity index (χ4n) is 2.56. The van der Waals surface area contributed by atoms with Gasteiger partial charge < -0.3 is 4.90 Å². The molecule has 24 heavy (non-hydrogen) atoms. The zero-order valence-corrected chi connectivity index (χ0v) is 15.1. The Hall–Kier alpha value is -1.91. The zero-order chi connectivity index (χ0) is 16.9. The summed E-state index contributed by atoms with van der Waals surface area (Å²) < 4.78 is 1.21. The summed E-state index contributed by atoms with van der Waals surface area (Å²) in [5.74, 6) is 0.158. The molecule has 0 aliphatic rings. The maximum Gasteiger partial charge on any atom is 0.222 e. The average molecular weight is 359 g/mol. The fraction of sp³-hybridized carbons (Fsp3) is 0.263. The van der Waals surface area contributed by atoms with Crippen molar-refractivity contribution < 1.29 is 4.79 Å². The fourth-order valence-corrected chi connectivity index (χ4v) is 3.70. The first-order valence-electron chi connectivity index (χ1n) is 7.94. The molecule has 1 amide bonds. The quantitative estimate of drug-likeness (QED) is 0.625. The molecule has 3 aromatic rings. The van der Waals surface area contributed by atoms with E-state index in [1.54, 1.807) is 16.2 Å². The number of hydrogen-bond donors (Lipinski definition) is 0. The minimum absolute atomic E-state index is 0.158. The number of rotatable bonds is 6. The third-order valence-corrected chi connectivity index (χ3v) is 5.23. The molecule has 0 aliphatic carbocycles. The van der Waals surface area contributed by atoms with Crippen molar-refractivity contribution in [1.29, 1.82) is 0 Å². The Morgan fingerprint density at radius 2 is 1.92 bits per heavy atom. The molecule has 3 nitrogen and oxygen atoms in total. The van der Waals surface area contributed by atoms with Gasteiger partial charge in [-0.2, -0.15) is 0 Å². The second kappa shape index (κ2) is 7.77. The molecule has 3 rings (SSSR count). The van der Waals surface area contributed by atoms with Gasteiger partial charge in [-0.1, -0.05) is 35.9 Å². The number of thiazole rings is 1. The molecule has 0 atom stereocenters. The Balaban J connectivity index is 1.48. The van der Waals surface area contributed by atoms with Gasteiger partial charge in [0.2, 0.25) is 5.91 Å². The number of carbonyl (C=O) groups excluding carboxylic acids is 1. The predicted octanol–water partition coefficient (Wildman–Crippen LogP) is 4.93. The number of aromatic nitrogens is 1. The zero-order valence-electron chi connectivity index (χ0n) is 13.5. The van der Waals surface area contributed by atoms with E-state index in [0.29, 0.717) is 18.0 Å². The second-order valence-electron chi connectivity index (χ2n) is 5.81. The maximum absolute atomic E-state index is 12.3. The van der Waals surface area contributed by atoms with E-state index in [1.165, 1.54) is 4.70 Å². The molecule has 2 aromatic carbocycles. The van der Waals surface area contributed by atoms with Crippen LogP contribution in [0.15, 0.2) is 48.5 Å². The van der Waals surface area contributed by atoms with Crippen molar-refractivity contribution in [1.82, 2.24) is 9.88 Å². The molecule has 0 saturated heterocycles. The van der Waals surface area contributed by atoms with Gasteiger partial charge in [-0.15, -0.1) is 11.3 Å². The largest absolute Gasteiger partial charge is 0.341 e. The van der Waals surface area contributed by atoms with Crippen LogP contribution in [0.5, 0.6) is 0 Å². The molecule has 0 fully saturated rings. The molecular weight excluding hydrogens is 340 g/mol. The lowest BCUT2D eigenvalue weighted by Gasteiger charge is -2.17. The smallest absolute Gasteiger partial charge is 0.222 e. The molecule has 1 heterocycles. The van der Waals surface area contributed by atoms with Gasteiger partial charge in [-0.05, 0) is 42.7 Å². The lowest BCUT2D eigenvalue weighted by atomic mass is 10.2. The monoisotopic (exact) mass is 358 g/mol. The lowest BCUT2D eigenvalue weighted by Crippen LogP contribution is -2.25. The number of amides is 1. The van der Waals surface area contributed by atoms with E-state index in [9.17, 15) is 4.79 Å². The number of carbonyl (C=O) groups is 1. The highest BCUT2D eigenvalue weighted by Crippen LogP contribution is 2.22. The van der Waals surface area contributed by atoms with Gasteiger partial charge in [0.05, 0.1) is 15.2 Å². The Kier molecular flexibility index (Phi) is 5.48. The van der Waals surface area contributed by atoms with E-state index < -0.39 is 0 Å². The van der Waals surface area contributed by atoms with Crippen molar-refractivity contribution in [2.75, 3.05) is 7.05 Å². The number of halogens is 1. The molecule has 0 N–H and O–H groups in total. The Morgan fingerprint density at radius 3 is 2.67 bits per heavy atom. The molecular formula is C19H19ClN2OS. The van der Waals surface area contributed by atoms with E-state index in [1.807, 2.05) is 49.5 Å². The average Bonchev–Trinajstić information content (AvgIpc) is 2.99. The molecule has 0 unspecified atom stereocenters. The van der Waals surface area contributed by atoms with Crippen LogP contribution in [-0.4, -0.2) is 22.8 Å². The summed E-state index contributed by atoms with van der Waals surface area (Å²) in [6.07, 6.45) is 2.21. The van der Waals surface area contributed by atoms with Crippen LogP contribution in [0, 0.1) is 0 Å². The lowest BCUT2D eigenvalue weighted by molar-refractivity contribution is -0.130. The highest BCUT2D eigenvalue weighted by atomic mass is 35.5. The summed E-state index contributed by atoms with van der Waals surface area (Å²) in [5.41, 5.74) is 2.13. The van der Waals surface area contributed by atoms with Gasteiger partial charge in [0, 0.05) is 25.0 Å². The summed E-state index contributed by atoms with van der Waals surface area (Å²) >= 11 is 7.59. The third-order valence-electron chi connectivity index (χ3n) is 3.88. The van der Waals surface area contributed by atoms with Crippen LogP contribution in [0.3, 0.4) is 0 Å². The summed E-state index contributed by atoms with van der Waals surface area (Å²) in [5, 5.41) is 1.81. The number of hydrogen-bond acceptors (Lipinski definition) is 3. The van der Waals surface area contributed by atoms with E-state index in [-0.39, 0.29) is 5.91 Å². The van der Waals surface area contributed by atoms with E-state index in [0.717, 1.165) is 28.9 Å². The standard InChI is InChI=1S/C19H19ClN2OS/c1-22(13-14-9-11-15(20)12-10-14)19(23)8-4-7-18-21-16-5-2-3-6-17(16)24-18/h2-3,5-6,9-12H,4,7-8,13H2,1H3. The van der Waals surface area contributed by atoms with Crippen LogP contribution in [0.1, 0.15) is 23.4 Å². The van der Waals surface area contributed by atoms with Crippen LogP contribution in [0.4, 0.5) is 0 Å². The summed E-state index contributed by atoms with van der Waals surface area (Å²) in [7, 11) is 1.84. The van der Waals surface area contributed by atoms with Crippen LogP contribution >= 0.6 is 22.9 Å². The number of nitrogens with zero attached hydrogens (tertiary/aromatic N) is 2. The SMILES string of the molecule is CN(Cc1ccc(Cl)cc1)C(=O)CCCc1nc2ccccc2s1. The first kappa shape index (κ1) is 16.9. The Labute approximate surface area is 150 Å². The molecule has 0 bridgehead atoms. The molecule has 1 aromatic heterocycles. The van der Waals surface area contributed by atoms with Gasteiger partial charge >= 0.3 is 0 Å². The number of benzene rings is 2. The molecule has 0 aliphatic heterocycles. The number of fused-ring (bicyclic) bond motifs is 1. The summed E-state index contributed by atoms with van der Waals surface area (Å²) in [4.78, 5) is 18.6. The van der Waals surface area contributed by atoms with Crippen LogP contribution in [-0.2, 0) is 17.8 Å². The van der Waals surface area contributed by atoms with Crippen molar-refractivity contribution in [3.05, 3.63) is 64.1 Å². The maximum atomic E-state index is 12.3. The Bertz CT molecular complexity index is 796. The first-order chi connectivity index (χ1) is 11.6. The van der Waals surface area contributed by atoms with Crippen molar-refractivity contribution in [3.63, 3.8) is 0 Å². The van der Waals surface area contributed by atoms with Crippen molar-refractivity contribution in [2.45, 2.75) is 25.8 Å². The van der Waals surface area contributed by atoms with E-state index in [4.69, 9.17) is 11.6 Å². The van der Waals surface area contributed by atoms with Gasteiger partial charge in [-0.3, -0.25) is 4.79 Å². The summed E-state index contributed by atoms with van der Waals surface area (Å²) in [6.45, 7) is 0.608. The summed E-state index contributed by atoms with van der Waals surface area (Å²) in [6, 6.07) is 15.7. The minimum Gasteiger partial charge on any atom is -0.341 e. The molecule has 124 valence electrons. The van der Waals surface area contributed by atoms with E-state index >= 15 is 0 Å². The van der Waals surface area contributed by atoms with Crippen molar-refractivity contribution >= 4 is 39.1 Å². The second-order valence-corrected chi connectivity index (χ2v) is 7.36. The van der Waals surface area contributed by atoms with Gasteiger partial charge in [-0.25, -0.2) is 4.98 Å². The molecule has 0 saturated carbocycles. The van der Waals surface area contributed by atoms with Crippen LogP contribution in [0.25, 0.3) is 10.2 Å². The first-order valence-corrected chi connectivity index (χ1v) is 9.14. The van der Waals surface area contributed by atoms with Gasteiger partial charge in [0.15, 0.2) is 0 Å². The number of para-hydroxylation sites is 1. The van der Waals surface area contributed by atoms with Crippen LogP contribution < -0.4 is 0 Å². The molecule has 0 spiro atoms. The topological polar surface area (TPSA) is 33.2 Å².